The lowest BCUT2D eigenvalue weighted by Crippen LogP contribution is -2.29. The Labute approximate surface area is 110 Å². The van der Waals surface area contributed by atoms with Crippen molar-refractivity contribution < 1.29 is 9.53 Å². The van der Waals surface area contributed by atoms with Crippen molar-refractivity contribution in [1.29, 1.82) is 10.5 Å². The molecule has 0 aliphatic carbocycles. The molecule has 0 bridgehead atoms. The van der Waals surface area contributed by atoms with E-state index in [1.165, 1.54) is 12.1 Å². The summed E-state index contributed by atoms with van der Waals surface area (Å²) < 4.78 is 5.20. The van der Waals surface area contributed by atoms with Crippen LogP contribution in [0.5, 0.6) is 5.75 Å². The summed E-state index contributed by atoms with van der Waals surface area (Å²) in [6.45, 7) is 0.0554. The van der Waals surface area contributed by atoms with Crippen LogP contribution in [0.3, 0.4) is 0 Å². The topological polar surface area (TPSA) is 85.9 Å². The number of hydrogen-bond donors (Lipinski definition) is 1. The zero-order valence-corrected chi connectivity index (χ0v) is 10.2. The largest absolute Gasteiger partial charge is 0.482 e. The van der Waals surface area contributed by atoms with E-state index in [0.29, 0.717) is 10.6 Å². The lowest BCUT2D eigenvalue weighted by atomic mass is 10.2. The van der Waals surface area contributed by atoms with Gasteiger partial charge in [0.25, 0.3) is 5.91 Å². The molecule has 0 aliphatic rings. The highest BCUT2D eigenvalue weighted by Crippen LogP contribution is 2.22. The highest BCUT2D eigenvalue weighted by atomic mass is 35.5. The summed E-state index contributed by atoms with van der Waals surface area (Å²) in [7, 11) is 0. The zero-order valence-electron chi connectivity index (χ0n) is 9.44. The van der Waals surface area contributed by atoms with Crippen molar-refractivity contribution in [3.63, 3.8) is 0 Å². The molecule has 1 rings (SSSR count). The van der Waals surface area contributed by atoms with E-state index in [0.717, 1.165) is 0 Å². The van der Waals surface area contributed by atoms with E-state index in [4.69, 9.17) is 26.9 Å². The van der Waals surface area contributed by atoms with E-state index in [1.54, 1.807) is 6.07 Å². The third kappa shape index (κ3) is 4.32. The molecular weight excluding hydrogens is 254 g/mol. The predicted molar refractivity (Wildman–Crippen MR) is 64.9 cm³/mol. The van der Waals surface area contributed by atoms with Crippen LogP contribution in [0.2, 0.25) is 5.02 Å². The molecule has 5 nitrogen and oxygen atoms in total. The van der Waals surface area contributed by atoms with Crippen molar-refractivity contribution in [3.05, 3.63) is 28.8 Å². The summed E-state index contributed by atoms with van der Waals surface area (Å²) in [5.74, 6) is -0.0884. The highest BCUT2D eigenvalue weighted by Gasteiger charge is 2.07. The van der Waals surface area contributed by atoms with Gasteiger partial charge in [-0.1, -0.05) is 11.6 Å². The molecule has 0 atom stereocenters. The van der Waals surface area contributed by atoms with Gasteiger partial charge in [0.05, 0.1) is 18.1 Å². The van der Waals surface area contributed by atoms with Gasteiger partial charge in [-0.2, -0.15) is 10.5 Å². The molecule has 18 heavy (non-hydrogen) atoms. The lowest BCUT2D eigenvalue weighted by molar-refractivity contribution is -0.123. The second kappa shape index (κ2) is 7.16. The number of carbonyl (C=O) groups is 1. The number of hydrogen-bond acceptors (Lipinski definition) is 4. The van der Waals surface area contributed by atoms with Gasteiger partial charge < -0.3 is 10.1 Å². The molecule has 1 N–H and O–H groups in total. The van der Waals surface area contributed by atoms with E-state index >= 15 is 0 Å². The molecule has 0 aromatic heterocycles. The first-order valence-corrected chi connectivity index (χ1v) is 5.51. The Morgan fingerprint density at radius 2 is 2.22 bits per heavy atom. The number of amides is 1. The summed E-state index contributed by atoms with van der Waals surface area (Å²) in [5.41, 5.74) is 0.309. The van der Waals surface area contributed by atoms with E-state index in [2.05, 4.69) is 5.32 Å². The smallest absolute Gasteiger partial charge is 0.257 e. The SMILES string of the molecule is N#CCCNC(=O)COc1cc(Cl)ccc1C#N. The molecule has 0 aliphatic heterocycles. The summed E-state index contributed by atoms with van der Waals surface area (Å²) in [6, 6.07) is 8.41. The van der Waals surface area contributed by atoms with E-state index in [1.807, 2.05) is 12.1 Å². The van der Waals surface area contributed by atoms with E-state index in [-0.39, 0.29) is 31.2 Å². The Morgan fingerprint density at radius 3 is 2.89 bits per heavy atom. The third-order valence-corrected chi connectivity index (χ3v) is 2.22. The number of carbonyl (C=O) groups excluding carboxylic acids is 1. The number of ether oxygens (including phenoxy) is 1. The number of rotatable bonds is 5. The second-order valence-corrected chi connectivity index (χ2v) is 3.74. The Bertz CT molecular complexity index is 517. The zero-order chi connectivity index (χ0) is 13.4. The first-order chi connectivity index (χ1) is 8.67. The van der Waals surface area contributed by atoms with Crippen LogP contribution < -0.4 is 10.1 Å². The van der Waals surface area contributed by atoms with Crippen molar-refractivity contribution >= 4 is 17.5 Å². The minimum Gasteiger partial charge on any atom is -0.482 e. The van der Waals surface area contributed by atoms with Crippen molar-refractivity contribution in [2.24, 2.45) is 0 Å². The van der Waals surface area contributed by atoms with Crippen LogP contribution in [-0.4, -0.2) is 19.1 Å². The normalized spacial score (nSPS) is 9.06. The van der Waals surface area contributed by atoms with Crippen molar-refractivity contribution in [1.82, 2.24) is 5.32 Å². The molecule has 0 saturated heterocycles. The molecule has 1 amide bonds. The van der Waals surface area contributed by atoms with E-state index in [9.17, 15) is 4.79 Å². The van der Waals surface area contributed by atoms with Gasteiger partial charge in [0, 0.05) is 17.6 Å². The van der Waals surface area contributed by atoms with Gasteiger partial charge in [-0.3, -0.25) is 4.79 Å². The first kappa shape index (κ1) is 13.8. The number of nitrogens with one attached hydrogen (secondary N) is 1. The number of nitrogens with zero attached hydrogens (tertiary/aromatic N) is 2. The Kier molecular flexibility index (Phi) is 5.50. The quantitative estimate of drug-likeness (QED) is 0.818. The molecule has 0 heterocycles. The van der Waals surface area contributed by atoms with Gasteiger partial charge in [-0.05, 0) is 12.1 Å². The van der Waals surface area contributed by atoms with Gasteiger partial charge in [0.2, 0.25) is 0 Å². The van der Waals surface area contributed by atoms with Crippen LogP contribution >= 0.6 is 11.6 Å². The number of halogens is 1. The van der Waals surface area contributed by atoms with Crippen LogP contribution in [-0.2, 0) is 4.79 Å². The fourth-order valence-electron chi connectivity index (χ4n) is 1.16. The van der Waals surface area contributed by atoms with Gasteiger partial charge in [-0.25, -0.2) is 0 Å². The second-order valence-electron chi connectivity index (χ2n) is 3.30. The molecule has 6 heteroatoms. The fourth-order valence-corrected chi connectivity index (χ4v) is 1.32. The number of nitriles is 2. The van der Waals surface area contributed by atoms with Crippen LogP contribution in [0.1, 0.15) is 12.0 Å². The van der Waals surface area contributed by atoms with Crippen molar-refractivity contribution in [2.75, 3.05) is 13.2 Å². The Balaban J connectivity index is 2.53. The summed E-state index contributed by atoms with van der Waals surface area (Å²) in [4.78, 5) is 11.3. The average molecular weight is 264 g/mol. The number of benzene rings is 1. The van der Waals surface area contributed by atoms with Crippen LogP contribution in [0, 0.1) is 22.7 Å². The monoisotopic (exact) mass is 263 g/mol. The van der Waals surface area contributed by atoms with Gasteiger partial charge in [0.1, 0.15) is 11.8 Å². The maximum atomic E-state index is 11.3. The average Bonchev–Trinajstić information content (AvgIpc) is 2.37. The standard InChI is InChI=1S/C12H10ClN3O2/c13-10-3-2-9(7-15)11(6-10)18-8-12(17)16-5-1-4-14/h2-3,6H,1,5,8H2,(H,16,17). The summed E-state index contributed by atoms with van der Waals surface area (Å²) in [6.07, 6.45) is 0.242. The fraction of sp³-hybridized carbons (Fsp3) is 0.250. The minimum atomic E-state index is -0.353. The molecule has 92 valence electrons. The minimum absolute atomic E-state index is 0.222. The molecular formula is C12H10ClN3O2. The molecule has 1 aromatic carbocycles. The summed E-state index contributed by atoms with van der Waals surface area (Å²) in [5, 5.41) is 20.1. The van der Waals surface area contributed by atoms with Gasteiger partial charge >= 0.3 is 0 Å². The van der Waals surface area contributed by atoms with Crippen molar-refractivity contribution in [3.8, 4) is 17.9 Å². The Hall–Kier alpha value is -2.24. The third-order valence-electron chi connectivity index (χ3n) is 1.98. The molecule has 0 fully saturated rings. The molecule has 1 aromatic rings. The maximum absolute atomic E-state index is 11.3. The predicted octanol–water partition coefficient (Wildman–Crippen LogP) is 1.62. The van der Waals surface area contributed by atoms with E-state index < -0.39 is 0 Å². The molecule has 0 spiro atoms. The van der Waals surface area contributed by atoms with Crippen LogP contribution in [0.25, 0.3) is 0 Å². The maximum Gasteiger partial charge on any atom is 0.257 e. The molecule has 0 unspecified atom stereocenters. The van der Waals surface area contributed by atoms with Gasteiger partial charge in [-0.15, -0.1) is 0 Å². The summed E-state index contributed by atoms with van der Waals surface area (Å²) >= 11 is 5.77. The molecule has 0 radical (unpaired) electrons. The molecule has 0 saturated carbocycles. The lowest BCUT2D eigenvalue weighted by Gasteiger charge is -2.08. The van der Waals surface area contributed by atoms with Gasteiger partial charge in [0.15, 0.2) is 6.61 Å². The van der Waals surface area contributed by atoms with Crippen molar-refractivity contribution in [2.45, 2.75) is 6.42 Å². The first-order valence-electron chi connectivity index (χ1n) is 5.13. The highest BCUT2D eigenvalue weighted by molar-refractivity contribution is 6.30. The van der Waals surface area contributed by atoms with Crippen LogP contribution in [0.15, 0.2) is 18.2 Å². The Morgan fingerprint density at radius 1 is 1.44 bits per heavy atom. The van der Waals surface area contributed by atoms with Crippen LogP contribution in [0.4, 0.5) is 0 Å².